The van der Waals surface area contributed by atoms with Crippen molar-refractivity contribution in [2.75, 3.05) is 13.3 Å². The van der Waals surface area contributed by atoms with E-state index in [1.165, 1.54) is 0 Å². The Morgan fingerprint density at radius 3 is 2.73 bits per heavy atom. The van der Waals surface area contributed by atoms with Crippen LogP contribution in [0, 0.1) is 0 Å². The van der Waals surface area contributed by atoms with Crippen molar-refractivity contribution < 1.29 is 13.9 Å². The lowest BCUT2D eigenvalue weighted by Gasteiger charge is -2.18. The zero-order valence-electron chi connectivity index (χ0n) is 14.3. The number of nitrogens with zero attached hydrogens (tertiary/aromatic N) is 3. The Bertz CT molecular complexity index is 913. The standard InChI is InChI=1S/C19H18BrN3O3/c1-2-23(10-13-7-8-16-17(9-13)25-12-24-16)11-18-21-22-19(26-18)14-5-3-4-6-15(14)20/h3-9H,2,10-12H2,1H3. The van der Waals surface area contributed by atoms with Crippen LogP contribution in [-0.2, 0) is 13.1 Å². The summed E-state index contributed by atoms with van der Waals surface area (Å²) in [5, 5.41) is 8.38. The molecule has 0 unspecified atom stereocenters. The minimum atomic E-state index is 0.288. The first-order chi connectivity index (χ1) is 12.7. The second kappa shape index (κ2) is 7.47. The molecule has 0 spiro atoms. The van der Waals surface area contributed by atoms with Gasteiger partial charge in [-0.25, -0.2) is 0 Å². The monoisotopic (exact) mass is 415 g/mol. The Labute approximate surface area is 159 Å². The molecule has 0 atom stereocenters. The molecule has 0 N–H and O–H groups in total. The summed E-state index contributed by atoms with van der Waals surface area (Å²) in [6, 6.07) is 13.8. The van der Waals surface area contributed by atoms with Crippen LogP contribution in [0.1, 0.15) is 18.4 Å². The van der Waals surface area contributed by atoms with Crippen LogP contribution in [0.5, 0.6) is 11.5 Å². The van der Waals surface area contributed by atoms with E-state index in [9.17, 15) is 0 Å². The number of aromatic nitrogens is 2. The van der Waals surface area contributed by atoms with E-state index in [0.29, 0.717) is 18.3 Å². The number of rotatable bonds is 6. The Kier molecular flexibility index (Phi) is 4.90. The molecule has 0 aliphatic carbocycles. The summed E-state index contributed by atoms with van der Waals surface area (Å²) in [6.45, 7) is 4.61. The molecular formula is C19H18BrN3O3. The van der Waals surface area contributed by atoms with Crippen molar-refractivity contribution in [3.8, 4) is 23.0 Å². The molecule has 1 aromatic heterocycles. The average molecular weight is 416 g/mol. The molecule has 7 heteroatoms. The van der Waals surface area contributed by atoms with E-state index >= 15 is 0 Å². The van der Waals surface area contributed by atoms with Gasteiger partial charge in [0.2, 0.25) is 18.6 Å². The Hall–Kier alpha value is -2.38. The number of halogens is 1. The van der Waals surface area contributed by atoms with E-state index in [0.717, 1.165) is 40.2 Å². The zero-order chi connectivity index (χ0) is 17.9. The maximum absolute atomic E-state index is 5.86. The van der Waals surface area contributed by atoms with Gasteiger partial charge in [-0.3, -0.25) is 4.90 Å². The molecule has 2 heterocycles. The molecular weight excluding hydrogens is 398 g/mol. The number of fused-ring (bicyclic) bond motifs is 1. The van der Waals surface area contributed by atoms with E-state index in [-0.39, 0.29) is 6.79 Å². The van der Waals surface area contributed by atoms with Crippen LogP contribution < -0.4 is 9.47 Å². The van der Waals surface area contributed by atoms with E-state index in [1.54, 1.807) is 0 Å². The van der Waals surface area contributed by atoms with Crippen LogP contribution in [0.3, 0.4) is 0 Å². The lowest BCUT2D eigenvalue weighted by Crippen LogP contribution is -2.22. The second-order valence-corrected chi connectivity index (χ2v) is 6.83. The lowest BCUT2D eigenvalue weighted by molar-refractivity contribution is 0.174. The second-order valence-electron chi connectivity index (χ2n) is 5.97. The molecule has 3 aromatic rings. The first-order valence-electron chi connectivity index (χ1n) is 8.41. The largest absolute Gasteiger partial charge is 0.454 e. The SMILES string of the molecule is CCN(Cc1ccc2c(c1)OCO2)Cc1nnc(-c2ccccc2Br)o1. The average Bonchev–Trinajstić information content (AvgIpc) is 3.30. The molecule has 134 valence electrons. The highest BCUT2D eigenvalue weighted by atomic mass is 79.9. The van der Waals surface area contributed by atoms with Gasteiger partial charge in [-0.05, 0) is 52.3 Å². The molecule has 0 radical (unpaired) electrons. The van der Waals surface area contributed by atoms with Gasteiger partial charge in [0.25, 0.3) is 0 Å². The van der Waals surface area contributed by atoms with Gasteiger partial charge in [0.1, 0.15) is 0 Å². The summed E-state index contributed by atoms with van der Waals surface area (Å²) < 4.78 is 17.6. The van der Waals surface area contributed by atoms with Crippen molar-refractivity contribution in [1.82, 2.24) is 15.1 Å². The Balaban J connectivity index is 1.46. The minimum absolute atomic E-state index is 0.288. The van der Waals surface area contributed by atoms with Crippen molar-refractivity contribution >= 4 is 15.9 Å². The van der Waals surface area contributed by atoms with Crippen LogP contribution in [0.4, 0.5) is 0 Å². The highest BCUT2D eigenvalue weighted by molar-refractivity contribution is 9.10. The minimum Gasteiger partial charge on any atom is -0.454 e. The van der Waals surface area contributed by atoms with Crippen molar-refractivity contribution in [1.29, 1.82) is 0 Å². The third-order valence-corrected chi connectivity index (χ3v) is 4.91. The molecule has 4 rings (SSSR count). The van der Waals surface area contributed by atoms with E-state index < -0.39 is 0 Å². The Morgan fingerprint density at radius 2 is 1.88 bits per heavy atom. The molecule has 0 fully saturated rings. The molecule has 0 bridgehead atoms. The van der Waals surface area contributed by atoms with Crippen LogP contribution in [0.15, 0.2) is 51.4 Å². The van der Waals surface area contributed by atoms with Gasteiger partial charge in [-0.2, -0.15) is 0 Å². The summed E-state index contributed by atoms with van der Waals surface area (Å²) in [5.74, 6) is 2.71. The van der Waals surface area contributed by atoms with E-state index in [1.807, 2.05) is 36.4 Å². The Morgan fingerprint density at radius 1 is 1.04 bits per heavy atom. The fourth-order valence-electron chi connectivity index (χ4n) is 2.83. The van der Waals surface area contributed by atoms with Crippen LogP contribution >= 0.6 is 15.9 Å². The van der Waals surface area contributed by atoms with Gasteiger partial charge in [0.15, 0.2) is 11.5 Å². The normalized spacial score (nSPS) is 12.7. The summed E-state index contributed by atoms with van der Waals surface area (Å²) in [7, 11) is 0. The molecule has 0 saturated heterocycles. The molecule has 26 heavy (non-hydrogen) atoms. The number of hydrogen-bond acceptors (Lipinski definition) is 6. The van der Waals surface area contributed by atoms with Crippen LogP contribution in [0.2, 0.25) is 0 Å². The first-order valence-corrected chi connectivity index (χ1v) is 9.20. The zero-order valence-corrected chi connectivity index (χ0v) is 15.9. The van der Waals surface area contributed by atoms with Crippen molar-refractivity contribution in [3.63, 3.8) is 0 Å². The van der Waals surface area contributed by atoms with E-state index in [2.05, 4.69) is 44.0 Å². The van der Waals surface area contributed by atoms with Gasteiger partial charge >= 0.3 is 0 Å². The van der Waals surface area contributed by atoms with Gasteiger partial charge in [-0.1, -0.05) is 25.1 Å². The quantitative estimate of drug-likeness (QED) is 0.599. The lowest BCUT2D eigenvalue weighted by atomic mass is 10.2. The summed E-state index contributed by atoms with van der Waals surface area (Å²) in [4.78, 5) is 2.23. The van der Waals surface area contributed by atoms with Gasteiger partial charge in [0, 0.05) is 11.0 Å². The smallest absolute Gasteiger partial charge is 0.248 e. The predicted molar refractivity (Wildman–Crippen MR) is 99.8 cm³/mol. The van der Waals surface area contributed by atoms with Crippen molar-refractivity contribution in [3.05, 3.63) is 58.4 Å². The summed E-state index contributed by atoms with van der Waals surface area (Å²) in [6.07, 6.45) is 0. The number of hydrogen-bond donors (Lipinski definition) is 0. The third kappa shape index (κ3) is 3.59. The molecule has 0 saturated carbocycles. The van der Waals surface area contributed by atoms with Crippen molar-refractivity contribution in [2.45, 2.75) is 20.0 Å². The third-order valence-electron chi connectivity index (χ3n) is 4.22. The van der Waals surface area contributed by atoms with Crippen molar-refractivity contribution in [2.24, 2.45) is 0 Å². The summed E-state index contributed by atoms with van der Waals surface area (Å²) >= 11 is 3.52. The predicted octanol–water partition coefficient (Wildman–Crippen LogP) is 4.25. The maximum Gasteiger partial charge on any atom is 0.248 e. The van der Waals surface area contributed by atoms with Gasteiger partial charge in [0.05, 0.1) is 12.1 Å². The van der Waals surface area contributed by atoms with E-state index in [4.69, 9.17) is 13.9 Å². The highest BCUT2D eigenvalue weighted by Crippen LogP contribution is 2.33. The maximum atomic E-state index is 5.86. The summed E-state index contributed by atoms with van der Waals surface area (Å²) in [5.41, 5.74) is 2.05. The first kappa shape index (κ1) is 17.1. The number of benzene rings is 2. The molecule has 1 aliphatic heterocycles. The molecule has 0 amide bonds. The fraction of sp³-hybridized carbons (Fsp3) is 0.263. The molecule has 1 aliphatic rings. The fourth-order valence-corrected chi connectivity index (χ4v) is 3.28. The highest BCUT2D eigenvalue weighted by Gasteiger charge is 2.16. The van der Waals surface area contributed by atoms with Crippen LogP contribution in [-0.4, -0.2) is 28.4 Å². The van der Waals surface area contributed by atoms with Gasteiger partial charge in [-0.15, -0.1) is 10.2 Å². The topological polar surface area (TPSA) is 60.6 Å². The molecule has 2 aromatic carbocycles. The van der Waals surface area contributed by atoms with Gasteiger partial charge < -0.3 is 13.9 Å². The van der Waals surface area contributed by atoms with Crippen LogP contribution in [0.25, 0.3) is 11.5 Å². The molecule has 6 nitrogen and oxygen atoms in total. The number of ether oxygens (including phenoxy) is 2.